The van der Waals surface area contributed by atoms with Crippen LogP contribution in [-0.2, 0) is 10.0 Å². The molecule has 1 fully saturated rings. The molecule has 1 aliphatic carbocycles. The van der Waals surface area contributed by atoms with Gasteiger partial charge in [0.1, 0.15) is 0 Å². The largest absolute Gasteiger partial charge is 0.263 e. The van der Waals surface area contributed by atoms with Gasteiger partial charge < -0.3 is 0 Å². The van der Waals surface area contributed by atoms with E-state index < -0.39 is 20.9 Å². The van der Waals surface area contributed by atoms with Crippen LogP contribution in [0.2, 0.25) is 0 Å². The molecule has 0 amide bonds. The van der Waals surface area contributed by atoms with E-state index in [1.807, 2.05) is 0 Å². The molecule has 0 N–H and O–H groups in total. The quantitative estimate of drug-likeness (QED) is 0.801. The first kappa shape index (κ1) is 11.5. The van der Waals surface area contributed by atoms with Crippen molar-refractivity contribution in [1.29, 1.82) is 0 Å². The molecule has 88 valence electrons. The van der Waals surface area contributed by atoms with Crippen LogP contribution in [0.25, 0.3) is 0 Å². The molecule has 0 unspecified atom stereocenters. The lowest BCUT2D eigenvalue weighted by Gasteiger charge is -2.16. The van der Waals surface area contributed by atoms with E-state index >= 15 is 0 Å². The lowest BCUT2D eigenvalue weighted by Crippen LogP contribution is -2.30. The Morgan fingerprint density at radius 3 is 2.81 bits per heavy atom. The highest BCUT2D eigenvalue weighted by Gasteiger charge is 2.31. The molecular weight excluding hydrogens is 231 g/mol. The zero-order chi connectivity index (χ0) is 11.8. The highest BCUT2D eigenvalue weighted by atomic mass is 32.2. The van der Waals surface area contributed by atoms with Gasteiger partial charge in [-0.25, -0.2) is 17.8 Å². The molecule has 1 heterocycles. The number of hydrogen-bond acceptors (Lipinski definition) is 3. The number of pyridine rings is 1. The Bertz CT molecular complexity index is 485. The van der Waals surface area contributed by atoms with Crippen LogP contribution in [0, 0.1) is 11.7 Å². The lowest BCUT2D eigenvalue weighted by molar-refractivity contribution is 0.443. The topological polar surface area (TPSA) is 50.3 Å². The molecule has 0 spiro atoms. The summed E-state index contributed by atoms with van der Waals surface area (Å²) >= 11 is 0. The molecule has 1 aliphatic rings. The van der Waals surface area contributed by atoms with Crippen LogP contribution in [0.4, 0.5) is 4.39 Å². The second kappa shape index (κ2) is 4.10. The average Bonchev–Trinajstić information content (AvgIpc) is 3.02. The fraction of sp³-hybridized carbons (Fsp3) is 0.500. The van der Waals surface area contributed by atoms with Gasteiger partial charge in [-0.05, 0) is 30.9 Å². The van der Waals surface area contributed by atoms with E-state index in [2.05, 4.69) is 4.98 Å². The summed E-state index contributed by atoms with van der Waals surface area (Å²) in [6, 6.07) is 2.47. The Balaban J connectivity index is 2.27. The molecule has 0 aromatic carbocycles. The van der Waals surface area contributed by atoms with Crippen molar-refractivity contribution >= 4 is 10.0 Å². The fourth-order valence-corrected chi connectivity index (χ4v) is 2.68. The summed E-state index contributed by atoms with van der Waals surface area (Å²) in [4.78, 5) is 3.59. The van der Waals surface area contributed by atoms with Crippen molar-refractivity contribution in [2.75, 3.05) is 13.6 Å². The number of aromatic nitrogens is 1. The van der Waals surface area contributed by atoms with Gasteiger partial charge in [0, 0.05) is 19.8 Å². The Morgan fingerprint density at radius 2 is 2.25 bits per heavy atom. The molecule has 1 aromatic heterocycles. The van der Waals surface area contributed by atoms with Gasteiger partial charge in [0.15, 0.2) is 5.82 Å². The maximum absolute atomic E-state index is 13.3. The molecule has 0 saturated heterocycles. The van der Waals surface area contributed by atoms with E-state index in [4.69, 9.17) is 0 Å². The molecule has 16 heavy (non-hydrogen) atoms. The van der Waals surface area contributed by atoms with Gasteiger partial charge in [-0.2, -0.15) is 4.31 Å². The minimum Gasteiger partial charge on any atom is -0.241 e. The van der Waals surface area contributed by atoms with Crippen molar-refractivity contribution < 1.29 is 12.8 Å². The highest BCUT2D eigenvalue weighted by Crippen LogP contribution is 2.30. The second-order valence-electron chi connectivity index (χ2n) is 4.02. The maximum Gasteiger partial charge on any atom is 0.263 e. The molecule has 4 nitrogen and oxygen atoms in total. The Kier molecular flexibility index (Phi) is 2.94. The third kappa shape index (κ3) is 2.22. The number of sulfonamides is 1. The summed E-state index contributed by atoms with van der Waals surface area (Å²) < 4.78 is 38.4. The van der Waals surface area contributed by atoms with Crippen molar-refractivity contribution in [2.24, 2.45) is 5.92 Å². The molecule has 6 heteroatoms. The first-order valence-corrected chi connectivity index (χ1v) is 6.52. The molecule has 2 rings (SSSR count). The molecular formula is C10H13FN2O2S. The van der Waals surface area contributed by atoms with Crippen LogP contribution in [0.1, 0.15) is 12.8 Å². The molecule has 0 bridgehead atoms. The number of nitrogens with zero attached hydrogens (tertiary/aromatic N) is 2. The van der Waals surface area contributed by atoms with Gasteiger partial charge in [0.25, 0.3) is 10.0 Å². The van der Waals surface area contributed by atoms with Crippen molar-refractivity contribution in [1.82, 2.24) is 9.29 Å². The zero-order valence-electron chi connectivity index (χ0n) is 8.93. The highest BCUT2D eigenvalue weighted by molar-refractivity contribution is 7.89. The van der Waals surface area contributed by atoms with Crippen LogP contribution in [0.3, 0.4) is 0 Å². The van der Waals surface area contributed by atoms with Crippen molar-refractivity contribution in [3.63, 3.8) is 0 Å². The van der Waals surface area contributed by atoms with Crippen LogP contribution in [0.5, 0.6) is 0 Å². The van der Waals surface area contributed by atoms with E-state index in [0.29, 0.717) is 12.5 Å². The minimum absolute atomic E-state index is 0.423. The summed E-state index contributed by atoms with van der Waals surface area (Å²) in [6.45, 7) is 0.443. The zero-order valence-corrected chi connectivity index (χ0v) is 9.74. The van der Waals surface area contributed by atoms with Gasteiger partial charge in [0.05, 0.1) is 0 Å². The first-order valence-electron chi connectivity index (χ1n) is 5.08. The third-order valence-electron chi connectivity index (χ3n) is 2.59. The molecule has 0 radical (unpaired) electrons. The standard InChI is InChI=1S/C10H13FN2O2S/c1-13(7-8-4-5-8)16(14,15)10-9(11)3-2-6-12-10/h2-3,6,8H,4-5,7H2,1H3. The smallest absolute Gasteiger partial charge is 0.241 e. The summed E-state index contributed by atoms with van der Waals surface area (Å²) in [6.07, 6.45) is 3.37. The lowest BCUT2D eigenvalue weighted by atomic mass is 10.4. The second-order valence-corrected chi connectivity index (χ2v) is 5.98. The van der Waals surface area contributed by atoms with E-state index in [0.717, 1.165) is 18.9 Å². The Labute approximate surface area is 94.2 Å². The van der Waals surface area contributed by atoms with Crippen LogP contribution in [0.15, 0.2) is 23.4 Å². The maximum atomic E-state index is 13.3. The first-order chi connectivity index (χ1) is 7.51. The van der Waals surface area contributed by atoms with Gasteiger partial charge in [-0.1, -0.05) is 0 Å². The van der Waals surface area contributed by atoms with E-state index in [1.54, 1.807) is 0 Å². The minimum atomic E-state index is -3.78. The van der Waals surface area contributed by atoms with Crippen LogP contribution < -0.4 is 0 Å². The number of rotatable bonds is 4. The van der Waals surface area contributed by atoms with Gasteiger partial charge in [-0.3, -0.25) is 0 Å². The van der Waals surface area contributed by atoms with Crippen molar-refractivity contribution in [3.05, 3.63) is 24.1 Å². The van der Waals surface area contributed by atoms with Gasteiger partial charge in [0.2, 0.25) is 5.03 Å². The van der Waals surface area contributed by atoms with E-state index in [1.165, 1.54) is 23.6 Å². The Hall–Kier alpha value is -1.01. The van der Waals surface area contributed by atoms with Crippen molar-refractivity contribution in [3.8, 4) is 0 Å². The predicted octanol–water partition coefficient (Wildman–Crippen LogP) is 1.25. The summed E-state index contributed by atoms with van der Waals surface area (Å²) in [7, 11) is -2.32. The summed E-state index contributed by atoms with van der Waals surface area (Å²) in [5.74, 6) is -0.378. The van der Waals surface area contributed by atoms with Gasteiger partial charge in [-0.15, -0.1) is 0 Å². The normalized spacial score (nSPS) is 16.7. The SMILES string of the molecule is CN(CC1CC1)S(=O)(=O)c1ncccc1F. The van der Waals surface area contributed by atoms with Gasteiger partial charge >= 0.3 is 0 Å². The van der Waals surface area contributed by atoms with E-state index in [-0.39, 0.29) is 0 Å². The summed E-state index contributed by atoms with van der Waals surface area (Å²) in [5.41, 5.74) is 0. The predicted molar refractivity (Wildman–Crippen MR) is 56.7 cm³/mol. The molecule has 1 aromatic rings. The van der Waals surface area contributed by atoms with Crippen LogP contribution in [-0.4, -0.2) is 31.3 Å². The third-order valence-corrected chi connectivity index (χ3v) is 4.35. The van der Waals surface area contributed by atoms with Crippen LogP contribution >= 0.6 is 0 Å². The van der Waals surface area contributed by atoms with Crippen molar-refractivity contribution in [2.45, 2.75) is 17.9 Å². The fourth-order valence-electron chi connectivity index (χ4n) is 1.47. The monoisotopic (exact) mass is 244 g/mol. The molecule has 1 saturated carbocycles. The Morgan fingerprint density at radius 1 is 1.56 bits per heavy atom. The molecule has 0 atom stereocenters. The summed E-state index contributed by atoms with van der Waals surface area (Å²) in [5, 5.41) is -0.488. The molecule has 0 aliphatic heterocycles. The number of halogens is 1. The van der Waals surface area contributed by atoms with E-state index in [9.17, 15) is 12.8 Å². The number of hydrogen-bond donors (Lipinski definition) is 0. The average molecular weight is 244 g/mol.